The molecule has 1 aliphatic heterocycles. The van der Waals surface area contributed by atoms with Crippen LogP contribution >= 0.6 is 0 Å². The normalized spacial score (nSPS) is 19.5. The van der Waals surface area contributed by atoms with Gasteiger partial charge in [0.1, 0.15) is 5.82 Å². The van der Waals surface area contributed by atoms with Gasteiger partial charge in [0.25, 0.3) is 0 Å². The molecule has 0 spiro atoms. The summed E-state index contributed by atoms with van der Waals surface area (Å²) in [6.45, 7) is 11.0. The maximum atomic E-state index is 4.85. The number of pyridine rings is 1. The third-order valence-corrected chi connectivity index (χ3v) is 4.15. The molecule has 1 fully saturated rings. The molecule has 0 aromatic carbocycles. The molecule has 0 aliphatic carbocycles. The van der Waals surface area contributed by atoms with E-state index in [0.29, 0.717) is 12.0 Å². The predicted octanol–water partition coefficient (Wildman–Crippen LogP) is 3.04. The minimum absolute atomic E-state index is 0.643. The van der Waals surface area contributed by atoms with Crippen LogP contribution in [0, 0.1) is 19.8 Å². The third-order valence-electron chi connectivity index (χ3n) is 4.15. The summed E-state index contributed by atoms with van der Waals surface area (Å²) in [4.78, 5) is 7.39. The molecule has 1 aromatic rings. The van der Waals surface area contributed by atoms with Crippen LogP contribution in [-0.2, 0) is 6.54 Å². The van der Waals surface area contributed by atoms with Gasteiger partial charge in [0.2, 0.25) is 0 Å². The van der Waals surface area contributed by atoms with Crippen LogP contribution in [0.5, 0.6) is 0 Å². The van der Waals surface area contributed by atoms with Gasteiger partial charge < -0.3 is 10.2 Å². The average Bonchev–Trinajstić information content (AvgIpc) is 2.81. The van der Waals surface area contributed by atoms with E-state index >= 15 is 0 Å². The van der Waals surface area contributed by atoms with E-state index in [1.54, 1.807) is 0 Å². The first kappa shape index (κ1) is 14.3. The summed E-state index contributed by atoms with van der Waals surface area (Å²) in [6.07, 6.45) is 2.59. The molecule has 2 rings (SSSR count). The Morgan fingerprint density at radius 1 is 1.42 bits per heavy atom. The van der Waals surface area contributed by atoms with Gasteiger partial charge in [0.15, 0.2) is 0 Å². The number of nitrogens with one attached hydrogen (secondary N) is 1. The van der Waals surface area contributed by atoms with Gasteiger partial charge in [-0.3, -0.25) is 0 Å². The zero-order chi connectivity index (χ0) is 14.0. The third kappa shape index (κ3) is 2.92. The predicted molar refractivity (Wildman–Crippen MR) is 81.7 cm³/mol. The van der Waals surface area contributed by atoms with Crippen molar-refractivity contribution in [2.45, 2.75) is 53.1 Å². The van der Waals surface area contributed by atoms with Gasteiger partial charge in [-0.1, -0.05) is 13.8 Å². The number of aromatic nitrogens is 1. The molecular formula is C16H27N3. The van der Waals surface area contributed by atoms with Crippen LogP contribution < -0.4 is 10.2 Å². The molecule has 1 saturated heterocycles. The molecule has 0 bridgehead atoms. The summed E-state index contributed by atoms with van der Waals surface area (Å²) < 4.78 is 0. The Morgan fingerprint density at radius 3 is 2.79 bits per heavy atom. The monoisotopic (exact) mass is 261 g/mol. The van der Waals surface area contributed by atoms with Crippen LogP contribution in [0.3, 0.4) is 0 Å². The number of aryl methyl sites for hydroxylation is 2. The quantitative estimate of drug-likeness (QED) is 0.903. The molecule has 0 radical (unpaired) electrons. The van der Waals surface area contributed by atoms with E-state index in [4.69, 9.17) is 4.98 Å². The highest BCUT2D eigenvalue weighted by molar-refractivity contribution is 5.53. The van der Waals surface area contributed by atoms with Crippen LogP contribution in [0.1, 0.15) is 43.5 Å². The van der Waals surface area contributed by atoms with Crippen LogP contribution in [0.25, 0.3) is 0 Å². The Labute approximate surface area is 117 Å². The number of rotatable bonds is 4. The first-order valence-corrected chi connectivity index (χ1v) is 7.43. The molecule has 1 aliphatic rings. The van der Waals surface area contributed by atoms with Crippen molar-refractivity contribution in [1.82, 2.24) is 10.3 Å². The van der Waals surface area contributed by atoms with Gasteiger partial charge in [0.05, 0.1) is 0 Å². The van der Waals surface area contributed by atoms with Crippen molar-refractivity contribution in [3.63, 3.8) is 0 Å². The van der Waals surface area contributed by atoms with E-state index < -0.39 is 0 Å². The van der Waals surface area contributed by atoms with Crippen LogP contribution in [0.2, 0.25) is 0 Å². The van der Waals surface area contributed by atoms with Gasteiger partial charge >= 0.3 is 0 Å². The number of hydrogen-bond acceptors (Lipinski definition) is 3. The highest BCUT2D eigenvalue weighted by atomic mass is 15.2. The lowest BCUT2D eigenvalue weighted by atomic mass is 10.0. The van der Waals surface area contributed by atoms with Gasteiger partial charge in [0, 0.05) is 30.4 Å². The van der Waals surface area contributed by atoms with E-state index in [1.807, 2.05) is 7.05 Å². The maximum absolute atomic E-state index is 4.85. The van der Waals surface area contributed by atoms with Crippen LogP contribution in [0.4, 0.5) is 5.82 Å². The summed E-state index contributed by atoms with van der Waals surface area (Å²) in [6, 6.07) is 2.83. The van der Waals surface area contributed by atoms with E-state index in [9.17, 15) is 0 Å². The SMILES string of the molecule is CNCc1c(C)cc(C)nc1N1CCCC1C(C)C. The maximum Gasteiger partial charge on any atom is 0.133 e. The zero-order valence-corrected chi connectivity index (χ0v) is 13.0. The fourth-order valence-corrected chi connectivity index (χ4v) is 3.23. The second-order valence-electron chi connectivity index (χ2n) is 6.06. The van der Waals surface area contributed by atoms with Gasteiger partial charge in [-0.05, 0) is 51.3 Å². The molecule has 1 unspecified atom stereocenters. The molecule has 1 atom stereocenters. The molecule has 1 N–H and O–H groups in total. The van der Waals surface area contributed by atoms with Crippen molar-refractivity contribution < 1.29 is 0 Å². The Bertz CT molecular complexity index is 440. The Kier molecular flexibility index (Phi) is 4.46. The summed E-state index contributed by atoms with van der Waals surface area (Å²) in [7, 11) is 2.01. The summed E-state index contributed by atoms with van der Waals surface area (Å²) in [5.74, 6) is 1.90. The standard InChI is InChI=1S/C16H27N3/c1-11(2)15-7-6-8-19(15)16-14(10-17-5)12(3)9-13(4)18-16/h9,11,15,17H,6-8,10H2,1-5H3. The number of nitrogens with zero attached hydrogens (tertiary/aromatic N) is 2. The molecule has 0 amide bonds. The first-order chi connectivity index (χ1) is 9.04. The second-order valence-corrected chi connectivity index (χ2v) is 6.06. The lowest BCUT2D eigenvalue weighted by molar-refractivity contribution is 0.488. The first-order valence-electron chi connectivity index (χ1n) is 7.43. The van der Waals surface area contributed by atoms with Gasteiger partial charge in [-0.15, -0.1) is 0 Å². The highest BCUT2D eigenvalue weighted by Crippen LogP contribution is 2.32. The summed E-state index contributed by atoms with van der Waals surface area (Å²) in [5, 5.41) is 3.29. The van der Waals surface area contributed by atoms with Crippen molar-refractivity contribution in [3.8, 4) is 0 Å². The zero-order valence-electron chi connectivity index (χ0n) is 13.0. The van der Waals surface area contributed by atoms with E-state index in [2.05, 4.69) is 44.0 Å². The summed E-state index contributed by atoms with van der Waals surface area (Å²) in [5.41, 5.74) is 3.84. The van der Waals surface area contributed by atoms with E-state index in [-0.39, 0.29) is 0 Å². The Balaban J connectivity index is 2.42. The van der Waals surface area contributed by atoms with Gasteiger partial charge in [-0.25, -0.2) is 4.98 Å². The number of hydrogen-bond donors (Lipinski definition) is 1. The van der Waals surface area contributed by atoms with Crippen molar-refractivity contribution >= 4 is 5.82 Å². The van der Waals surface area contributed by atoms with E-state index in [1.165, 1.54) is 29.8 Å². The fourth-order valence-electron chi connectivity index (χ4n) is 3.23. The molecule has 106 valence electrons. The fraction of sp³-hybridized carbons (Fsp3) is 0.688. The van der Waals surface area contributed by atoms with Crippen molar-refractivity contribution in [1.29, 1.82) is 0 Å². The number of anilines is 1. The second kappa shape index (κ2) is 5.91. The van der Waals surface area contributed by atoms with Crippen molar-refractivity contribution in [2.24, 2.45) is 5.92 Å². The molecule has 3 heteroatoms. The molecule has 1 aromatic heterocycles. The lowest BCUT2D eigenvalue weighted by Crippen LogP contribution is -2.35. The minimum atomic E-state index is 0.643. The Morgan fingerprint density at radius 2 is 2.16 bits per heavy atom. The largest absolute Gasteiger partial charge is 0.353 e. The molecule has 2 heterocycles. The highest BCUT2D eigenvalue weighted by Gasteiger charge is 2.29. The smallest absolute Gasteiger partial charge is 0.133 e. The van der Waals surface area contributed by atoms with Crippen LogP contribution in [-0.4, -0.2) is 24.6 Å². The topological polar surface area (TPSA) is 28.2 Å². The molecule has 19 heavy (non-hydrogen) atoms. The van der Waals surface area contributed by atoms with Gasteiger partial charge in [-0.2, -0.15) is 0 Å². The van der Waals surface area contributed by atoms with E-state index in [0.717, 1.165) is 18.8 Å². The summed E-state index contributed by atoms with van der Waals surface area (Å²) >= 11 is 0. The Hall–Kier alpha value is -1.09. The lowest BCUT2D eigenvalue weighted by Gasteiger charge is -2.31. The molecular weight excluding hydrogens is 234 g/mol. The average molecular weight is 261 g/mol. The van der Waals surface area contributed by atoms with Crippen molar-refractivity contribution in [3.05, 3.63) is 22.9 Å². The minimum Gasteiger partial charge on any atom is -0.353 e. The molecule has 3 nitrogen and oxygen atoms in total. The van der Waals surface area contributed by atoms with Crippen molar-refractivity contribution in [2.75, 3.05) is 18.5 Å². The molecule has 0 saturated carbocycles. The van der Waals surface area contributed by atoms with Crippen LogP contribution in [0.15, 0.2) is 6.07 Å².